The summed E-state index contributed by atoms with van der Waals surface area (Å²) in [5, 5.41) is 0. The van der Waals surface area contributed by atoms with Crippen molar-refractivity contribution in [1.29, 1.82) is 0 Å². The number of aryl methyl sites for hydroxylation is 2. The second-order valence-corrected chi connectivity index (χ2v) is 6.16. The second kappa shape index (κ2) is 6.21. The lowest BCUT2D eigenvalue weighted by atomic mass is 10.1. The van der Waals surface area contributed by atoms with E-state index in [-0.39, 0.29) is 5.56 Å². The van der Waals surface area contributed by atoms with Crippen molar-refractivity contribution in [1.82, 2.24) is 29.8 Å². The molecule has 1 N–H and O–H groups in total. The van der Waals surface area contributed by atoms with Crippen LogP contribution >= 0.6 is 0 Å². The van der Waals surface area contributed by atoms with Crippen LogP contribution in [0.3, 0.4) is 0 Å². The van der Waals surface area contributed by atoms with Gasteiger partial charge >= 0.3 is 0 Å². The van der Waals surface area contributed by atoms with Crippen molar-refractivity contribution in [3.05, 3.63) is 57.7 Å². The Labute approximate surface area is 144 Å². The Morgan fingerprint density at radius 3 is 2.76 bits per heavy atom. The standard InChI is InChI=1S/C17H18N6O2/c1-10-15(20-11(2)25-10)8-23-4-3-14-13(7-23)17(24)22-16(21-14)12-5-18-9-19-6-12/h5-6,9H,3-4,7-8H2,1-2H3,(H,21,22,24). The van der Waals surface area contributed by atoms with Gasteiger partial charge in [0.1, 0.15) is 17.9 Å². The molecule has 3 aromatic heterocycles. The van der Waals surface area contributed by atoms with Gasteiger partial charge < -0.3 is 9.40 Å². The molecule has 1 aliphatic heterocycles. The third kappa shape index (κ3) is 3.08. The van der Waals surface area contributed by atoms with E-state index >= 15 is 0 Å². The average Bonchev–Trinajstić information content (AvgIpc) is 2.93. The van der Waals surface area contributed by atoms with Crippen LogP contribution in [0.4, 0.5) is 0 Å². The van der Waals surface area contributed by atoms with Crippen LogP contribution < -0.4 is 5.56 Å². The Balaban J connectivity index is 1.59. The van der Waals surface area contributed by atoms with Crippen LogP contribution in [0.5, 0.6) is 0 Å². The van der Waals surface area contributed by atoms with Gasteiger partial charge in [-0.15, -0.1) is 0 Å². The summed E-state index contributed by atoms with van der Waals surface area (Å²) in [4.78, 5) is 34.5. The van der Waals surface area contributed by atoms with Gasteiger partial charge in [-0.05, 0) is 6.92 Å². The molecule has 3 aromatic rings. The molecule has 0 spiro atoms. The molecule has 0 saturated heterocycles. The molecule has 0 atom stereocenters. The van der Waals surface area contributed by atoms with Crippen LogP contribution in [0.1, 0.15) is 28.6 Å². The van der Waals surface area contributed by atoms with Gasteiger partial charge in [-0.3, -0.25) is 9.69 Å². The fourth-order valence-electron chi connectivity index (χ4n) is 3.10. The number of hydrogen-bond donors (Lipinski definition) is 1. The predicted molar refractivity (Wildman–Crippen MR) is 89.7 cm³/mol. The first-order valence-corrected chi connectivity index (χ1v) is 8.13. The lowest BCUT2D eigenvalue weighted by Gasteiger charge is -2.27. The molecule has 0 aliphatic carbocycles. The number of oxazole rings is 1. The van der Waals surface area contributed by atoms with E-state index in [9.17, 15) is 4.79 Å². The number of fused-ring (bicyclic) bond motifs is 1. The monoisotopic (exact) mass is 338 g/mol. The minimum Gasteiger partial charge on any atom is -0.446 e. The molecule has 0 saturated carbocycles. The first kappa shape index (κ1) is 15.6. The van der Waals surface area contributed by atoms with Crippen molar-refractivity contribution in [2.45, 2.75) is 33.4 Å². The van der Waals surface area contributed by atoms with Crippen molar-refractivity contribution in [2.75, 3.05) is 6.54 Å². The Kier molecular flexibility index (Phi) is 3.89. The Bertz CT molecular complexity index is 963. The van der Waals surface area contributed by atoms with Gasteiger partial charge in [0.05, 0.1) is 22.5 Å². The van der Waals surface area contributed by atoms with Gasteiger partial charge in [0, 0.05) is 45.4 Å². The van der Waals surface area contributed by atoms with Gasteiger partial charge in [0.25, 0.3) is 5.56 Å². The second-order valence-electron chi connectivity index (χ2n) is 6.16. The fraction of sp³-hybridized carbons (Fsp3) is 0.353. The summed E-state index contributed by atoms with van der Waals surface area (Å²) in [5.41, 5.74) is 3.07. The Morgan fingerprint density at radius 2 is 2.04 bits per heavy atom. The summed E-state index contributed by atoms with van der Waals surface area (Å²) in [7, 11) is 0. The smallest absolute Gasteiger partial charge is 0.255 e. The van der Waals surface area contributed by atoms with Gasteiger partial charge in [-0.25, -0.2) is 19.9 Å². The van der Waals surface area contributed by atoms with E-state index < -0.39 is 0 Å². The summed E-state index contributed by atoms with van der Waals surface area (Å²) < 4.78 is 5.48. The molecule has 8 nitrogen and oxygen atoms in total. The van der Waals surface area contributed by atoms with E-state index in [1.807, 2.05) is 13.8 Å². The highest BCUT2D eigenvalue weighted by molar-refractivity contribution is 5.52. The highest BCUT2D eigenvalue weighted by Gasteiger charge is 2.23. The van der Waals surface area contributed by atoms with E-state index in [1.165, 1.54) is 6.33 Å². The van der Waals surface area contributed by atoms with Gasteiger partial charge in [-0.2, -0.15) is 0 Å². The predicted octanol–water partition coefficient (Wildman–Crippen LogP) is 1.39. The highest BCUT2D eigenvalue weighted by atomic mass is 16.4. The number of hydrogen-bond acceptors (Lipinski definition) is 7. The maximum atomic E-state index is 12.5. The van der Waals surface area contributed by atoms with Crippen LogP contribution in [0.25, 0.3) is 11.4 Å². The third-order valence-corrected chi connectivity index (χ3v) is 4.35. The third-order valence-electron chi connectivity index (χ3n) is 4.35. The number of H-pyrrole nitrogens is 1. The summed E-state index contributed by atoms with van der Waals surface area (Å²) in [5.74, 6) is 2.01. The molecule has 1 aliphatic rings. The van der Waals surface area contributed by atoms with Gasteiger partial charge in [0.15, 0.2) is 5.89 Å². The maximum Gasteiger partial charge on any atom is 0.255 e. The maximum absolute atomic E-state index is 12.5. The van der Waals surface area contributed by atoms with Gasteiger partial charge in [-0.1, -0.05) is 0 Å². The minimum atomic E-state index is -0.110. The zero-order valence-corrected chi connectivity index (χ0v) is 14.1. The van der Waals surface area contributed by atoms with E-state index in [0.717, 1.165) is 30.1 Å². The first-order chi connectivity index (χ1) is 12.1. The van der Waals surface area contributed by atoms with Crippen molar-refractivity contribution < 1.29 is 4.42 Å². The van der Waals surface area contributed by atoms with Crippen LogP contribution in [-0.4, -0.2) is 36.4 Å². The molecule has 8 heteroatoms. The zero-order chi connectivity index (χ0) is 17.4. The first-order valence-electron chi connectivity index (χ1n) is 8.13. The summed E-state index contributed by atoms with van der Waals surface area (Å²) >= 11 is 0. The highest BCUT2D eigenvalue weighted by Crippen LogP contribution is 2.20. The van der Waals surface area contributed by atoms with Crippen LogP contribution in [0, 0.1) is 13.8 Å². The van der Waals surface area contributed by atoms with Crippen molar-refractivity contribution >= 4 is 0 Å². The quantitative estimate of drug-likeness (QED) is 0.770. The van der Waals surface area contributed by atoms with Crippen molar-refractivity contribution in [2.24, 2.45) is 0 Å². The summed E-state index contributed by atoms with van der Waals surface area (Å²) in [6, 6.07) is 0. The molecule has 25 heavy (non-hydrogen) atoms. The molecular weight excluding hydrogens is 320 g/mol. The van der Waals surface area contributed by atoms with Crippen LogP contribution in [-0.2, 0) is 19.5 Å². The molecule has 4 rings (SSSR count). The van der Waals surface area contributed by atoms with Gasteiger partial charge in [0.2, 0.25) is 0 Å². The average molecular weight is 338 g/mol. The van der Waals surface area contributed by atoms with Crippen molar-refractivity contribution in [3.8, 4) is 11.4 Å². The largest absolute Gasteiger partial charge is 0.446 e. The number of aromatic amines is 1. The minimum absolute atomic E-state index is 0.110. The number of aromatic nitrogens is 5. The SMILES string of the molecule is Cc1nc(CN2CCc3nc(-c4cncnc4)[nH]c(=O)c3C2)c(C)o1. The molecule has 0 unspecified atom stereocenters. The molecule has 0 amide bonds. The van der Waals surface area contributed by atoms with Crippen LogP contribution in [0.2, 0.25) is 0 Å². The summed E-state index contributed by atoms with van der Waals surface area (Å²) in [6.45, 7) is 5.78. The van der Waals surface area contributed by atoms with Crippen molar-refractivity contribution in [3.63, 3.8) is 0 Å². The number of nitrogens with one attached hydrogen (secondary N) is 1. The lowest BCUT2D eigenvalue weighted by Crippen LogP contribution is -2.35. The fourth-order valence-corrected chi connectivity index (χ4v) is 3.10. The van der Waals surface area contributed by atoms with E-state index in [4.69, 9.17) is 4.42 Å². The Morgan fingerprint density at radius 1 is 1.24 bits per heavy atom. The zero-order valence-electron chi connectivity index (χ0n) is 14.1. The molecule has 0 fully saturated rings. The molecule has 128 valence electrons. The molecule has 0 bridgehead atoms. The topological polar surface area (TPSA) is 101 Å². The number of nitrogens with zero attached hydrogens (tertiary/aromatic N) is 5. The summed E-state index contributed by atoms with van der Waals surface area (Å²) in [6.07, 6.45) is 5.45. The van der Waals surface area contributed by atoms with Crippen LogP contribution in [0.15, 0.2) is 27.9 Å². The molecule has 0 radical (unpaired) electrons. The number of rotatable bonds is 3. The molecular formula is C17H18N6O2. The normalized spacial score (nSPS) is 14.5. The van der Waals surface area contributed by atoms with E-state index in [0.29, 0.717) is 35.9 Å². The lowest BCUT2D eigenvalue weighted by molar-refractivity contribution is 0.238. The van der Waals surface area contributed by atoms with E-state index in [1.54, 1.807) is 12.4 Å². The Hall–Kier alpha value is -2.87. The molecule has 4 heterocycles. The molecule has 0 aromatic carbocycles. The van der Waals surface area contributed by atoms with E-state index in [2.05, 4.69) is 29.8 Å².